The number of likely N-dealkylation sites (tertiary alicyclic amines) is 1. The normalized spacial score (nSPS) is 19.2. The van der Waals surface area contributed by atoms with Gasteiger partial charge in [-0.2, -0.15) is 5.10 Å². The Morgan fingerprint density at radius 2 is 2.16 bits per heavy atom. The summed E-state index contributed by atoms with van der Waals surface area (Å²) >= 11 is 0. The Labute approximate surface area is 112 Å². The summed E-state index contributed by atoms with van der Waals surface area (Å²) in [7, 11) is 0. The lowest BCUT2D eigenvalue weighted by Gasteiger charge is -2.16. The molecule has 6 heteroatoms. The fourth-order valence-electron chi connectivity index (χ4n) is 2.47. The van der Waals surface area contributed by atoms with E-state index in [1.165, 1.54) is 0 Å². The lowest BCUT2D eigenvalue weighted by molar-refractivity contribution is -0.141. The third kappa shape index (κ3) is 2.47. The van der Waals surface area contributed by atoms with Crippen LogP contribution in [0.25, 0.3) is 0 Å². The monoisotopic (exact) mass is 265 g/mol. The van der Waals surface area contributed by atoms with E-state index in [1.807, 2.05) is 20.8 Å². The summed E-state index contributed by atoms with van der Waals surface area (Å²) in [5.74, 6) is -1.39. The Bertz CT molecular complexity index is 507. The molecule has 0 radical (unpaired) electrons. The molecule has 1 aromatic rings. The molecule has 1 N–H and O–H groups in total. The topological polar surface area (TPSA) is 75.4 Å². The third-order valence-electron chi connectivity index (χ3n) is 3.59. The van der Waals surface area contributed by atoms with Gasteiger partial charge in [0.2, 0.25) is 0 Å². The molecule has 2 rings (SSSR count). The Kier molecular flexibility index (Phi) is 3.59. The number of hydrogen-bond donors (Lipinski definition) is 1. The number of nitrogens with zero attached hydrogens (tertiary/aromatic N) is 3. The molecule has 1 saturated heterocycles. The first-order valence-electron chi connectivity index (χ1n) is 6.48. The molecule has 0 spiro atoms. The highest BCUT2D eigenvalue weighted by atomic mass is 16.4. The van der Waals surface area contributed by atoms with Crippen molar-refractivity contribution in [3.8, 4) is 0 Å². The summed E-state index contributed by atoms with van der Waals surface area (Å²) in [6.07, 6.45) is 2.10. The van der Waals surface area contributed by atoms with E-state index in [9.17, 15) is 9.59 Å². The van der Waals surface area contributed by atoms with Gasteiger partial charge in [0, 0.05) is 24.8 Å². The zero-order valence-electron chi connectivity index (χ0n) is 11.5. The van der Waals surface area contributed by atoms with Crippen LogP contribution in [0.4, 0.5) is 0 Å². The minimum absolute atomic E-state index is 0.117. The van der Waals surface area contributed by atoms with Crippen molar-refractivity contribution < 1.29 is 14.7 Å². The van der Waals surface area contributed by atoms with E-state index in [0.29, 0.717) is 25.1 Å². The largest absolute Gasteiger partial charge is 0.481 e. The van der Waals surface area contributed by atoms with Crippen LogP contribution in [0.1, 0.15) is 42.4 Å². The SMILES string of the molecule is Cc1c(C(=O)N2CCC(C(=O)O)C2)cnn1C(C)C. The highest BCUT2D eigenvalue weighted by Gasteiger charge is 2.32. The summed E-state index contributed by atoms with van der Waals surface area (Å²) < 4.78 is 1.80. The van der Waals surface area contributed by atoms with Crippen molar-refractivity contribution in [1.29, 1.82) is 0 Å². The second kappa shape index (κ2) is 5.03. The minimum Gasteiger partial charge on any atom is -0.481 e. The number of rotatable bonds is 3. The average molecular weight is 265 g/mol. The van der Waals surface area contributed by atoms with Crippen LogP contribution >= 0.6 is 0 Å². The maximum absolute atomic E-state index is 12.4. The lowest BCUT2D eigenvalue weighted by atomic mass is 10.1. The first-order chi connectivity index (χ1) is 8.91. The van der Waals surface area contributed by atoms with Gasteiger partial charge in [0.1, 0.15) is 0 Å². The zero-order chi connectivity index (χ0) is 14.2. The van der Waals surface area contributed by atoms with Gasteiger partial charge in [-0.25, -0.2) is 0 Å². The second-order valence-electron chi connectivity index (χ2n) is 5.26. The van der Waals surface area contributed by atoms with E-state index >= 15 is 0 Å². The van der Waals surface area contributed by atoms with Crippen LogP contribution in [0.15, 0.2) is 6.20 Å². The van der Waals surface area contributed by atoms with Crippen molar-refractivity contribution in [2.24, 2.45) is 5.92 Å². The predicted molar refractivity (Wildman–Crippen MR) is 69.0 cm³/mol. The van der Waals surface area contributed by atoms with Crippen LogP contribution in [0.5, 0.6) is 0 Å². The first kappa shape index (κ1) is 13.6. The quantitative estimate of drug-likeness (QED) is 0.894. The van der Waals surface area contributed by atoms with Gasteiger partial charge in [0.15, 0.2) is 0 Å². The van der Waals surface area contributed by atoms with E-state index in [1.54, 1.807) is 15.8 Å². The standard InChI is InChI=1S/C13H19N3O3/c1-8(2)16-9(3)11(6-14-16)12(17)15-5-4-10(7-15)13(18)19/h6,8,10H,4-5,7H2,1-3H3,(H,18,19). The highest BCUT2D eigenvalue weighted by Crippen LogP contribution is 2.21. The number of carbonyl (C=O) groups is 2. The lowest BCUT2D eigenvalue weighted by Crippen LogP contribution is -2.30. The molecule has 1 fully saturated rings. The maximum atomic E-state index is 12.4. The van der Waals surface area contributed by atoms with E-state index in [0.717, 1.165) is 5.69 Å². The fraction of sp³-hybridized carbons (Fsp3) is 0.615. The molecule has 0 saturated carbocycles. The van der Waals surface area contributed by atoms with Gasteiger partial charge in [-0.1, -0.05) is 0 Å². The first-order valence-corrected chi connectivity index (χ1v) is 6.48. The Hall–Kier alpha value is -1.85. The van der Waals surface area contributed by atoms with Gasteiger partial charge >= 0.3 is 5.97 Å². The van der Waals surface area contributed by atoms with Crippen LogP contribution in [-0.4, -0.2) is 44.8 Å². The molecule has 0 bridgehead atoms. The molecule has 1 atom stereocenters. The van der Waals surface area contributed by atoms with Crippen molar-refractivity contribution in [3.05, 3.63) is 17.5 Å². The molecule has 1 aliphatic heterocycles. The van der Waals surface area contributed by atoms with E-state index in [4.69, 9.17) is 5.11 Å². The molecule has 1 unspecified atom stereocenters. The van der Waals surface area contributed by atoms with Gasteiger partial charge in [0.05, 0.1) is 17.7 Å². The van der Waals surface area contributed by atoms with Crippen LogP contribution in [0.2, 0.25) is 0 Å². The van der Waals surface area contributed by atoms with Gasteiger partial charge in [-0.05, 0) is 27.2 Å². The van der Waals surface area contributed by atoms with Crippen molar-refractivity contribution in [2.75, 3.05) is 13.1 Å². The maximum Gasteiger partial charge on any atom is 0.308 e. The minimum atomic E-state index is -0.829. The fourth-order valence-corrected chi connectivity index (χ4v) is 2.47. The predicted octanol–water partition coefficient (Wildman–Crippen LogP) is 1.32. The van der Waals surface area contributed by atoms with E-state index < -0.39 is 11.9 Å². The van der Waals surface area contributed by atoms with Crippen LogP contribution in [0, 0.1) is 12.8 Å². The van der Waals surface area contributed by atoms with Gasteiger partial charge < -0.3 is 10.0 Å². The number of carboxylic acids is 1. The number of amides is 1. The van der Waals surface area contributed by atoms with Gasteiger partial charge in [0.25, 0.3) is 5.91 Å². The number of aromatic nitrogens is 2. The summed E-state index contributed by atoms with van der Waals surface area (Å²) in [4.78, 5) is 24.9. The van der Waals surface area contributed by atoms with Crippen LogP contribution < -0.4 is 0 Å². The van der Waals surface area contributed by atoms with Crippen molar-refractivity contribution in [3.63, 3.8) is 0 Å². The molecule has 19 heavy (non-hydrogen) atoms. The molecule has 0 aromatic carbocycles. The molecule has 1 aromatic heterocycles. The molecular weight excluding hydrogens is 246 g/mol. The molecule has 6 nitrogen and oxygen atoms in total. The van der Waals surface area contributed by atoms with E-state index in [2.05, 4.69) is 5.10 Å². The highest BCUT2D eigenvalue weighted by molar-refractivity contribution is 5.95. The number of carbonyl (C=O) groups excluding carboxylic acids is 1. The Morgan fingerprint density at radius 3 is 2.63 bits per heavy atom. The second-order valence-corrected chi connectivity index (χ2v) is 5.26. The summed E-state index contributed by atoms with van der Waals surface area (Å²) in [6, 6.07) is 0.201. The average Bonchev–Trinajstić information content (AvgIpc) is 2.94. The van der Waals surface area contributed by atoms with Crippen molar-refractivity contribution in [1.82, 2.24) is 14.7 Å². The van der Waals surface area contributed by atoms with Crippen molar-refractivity contribution >= 4 is 11.9 Å². The zero-order valence-corrected chi connectivity index (χ0v) is 11.5. The molecular formula is C13H19N3O3. The molecule has 0 aliphatic carbocycles. The molecule has 2 heterocycles. The van der Waals surface area contributed by atoms with Crippen molar-refractivity contribution in [2.45, 2.75) is 33.2 Å². The Balaban J connectivity index is 2.15. The smallest absolute Gasteiger partial charge is 0.308 e. The Morgan fingerprint density at radius 1 is 1.47 bits per heavy atom. The third-order valence-corrected chi connectivity index (χ3v) is 3.59. The number of carboxylic acid groups (broad SMARTS) is 1. The summed E-state index contributed by atoms with van der Waals surface area (Å²) in [6.45, 7) is 6.67. The van der Waals surface area contributed by atoms with Crippen LogP contribution in [0.3, 0.4) is 0 Å². The van der Waals surface area contributed by atoms with Gasteiger partial charge in [-0.3, -0.25) is 14.3 Å². The number of hydrogen-bond acceptors (Lipinski definition) is 3. The summed E-state index contributed by atoms with van der Waals surface area (Å²) in [5.41, 5.74) is 1.40. The molecule has 1 aliphatic rings. The molecule has 104 valence electrons. The van der Waals surface area contributed by atoms with Gasteiger partial charge in [-0.15, -0.1) is 0 Å². The van der Waals surface area contributed by atoms with Crippen LogP contribution in [-0.2, 0) is 4.79 Å². The summed E-state index contributed by atoms with van der Waals surface area (Å²) in [5, 5.41) is 13.2. The van der Waals surface area contributed by atoms with E-state index in [-0.39, 0.29) is 11.9 Å². The number of aliphatic carboxylic acids is 1. The molecule has 1 amide bonds.